The molecule has 0 nitrogen and oxygen atoms in total. The van der Waals surface area contributed by atoms with Crippen molar-refractivity contribution in [3.63, 3.8) is 0 Å². The van der Waals surface area contributed by atoms with Crippen LogP contribution in [0.25, 0.3) is 69.0 Å². The number of hydrogen-bond acceptors (Lipinski definition) is 10. The van der Waals surface area contributed by atoms with E-state index in [1.54, 1.807) is 79.4 Å². The second-order valence-electron chi connectivity index (χ2n) is 11.8. The standard InChI is InChI=1S/C44H22S10/c1-5-33(45-21-1)37-15-13-28(49-37)10-9-27-25-42(41-20-19-40(53-41)36-8-4-24-48-36)54-43(27)44-31(32-17-18-39(52-32)35-7-3-23-47-35)26-30(51-44)12-11-29-14-16-38(50-29)34-6-2-22-46-34/h1-8,13-26H. The largest absolute Gasteiger partial charge is 0.143 e. The van der Waals surface area contributed by atoms with Crippen LogP contribution in [0.5, 0.6) is 0 Å². The van der Waals surface area contributed by atoms with E-state index < -0.39 is 0 Å². The van der Waals surface area contributed by atoms with Gasteiger partial charge in [-0.05, 0) is 118 Å². The van der Waals surface area contributed by atoms with Gasteiger partial charge < -0.3 is 0 Å². The normalized spacial score (nSPS) is 11.0. The zero-order valence-corrected chi connectivity index (χ0v) is 35.9. The van der Waals surface area contributed by atoms with Gasteiger partial charge in [-0.1, -0.05) is 36.1 Å². The van der Waals surface area contributed by atoms with Gasteiger partial charge >= 0.3 is 0 Å². The van der Waals surface area contributed by atoms with Gasteiger partial charge in [0.2, 0.25) is 0 Å². The Morgan fingerprint density at radius 2 is 0.741 bits per heavy atom. The lowest BCUT2D eigenvalue weighted by Crippen LogP contribution is -1.76. The SMILES string of the molecule is C(#Cc1cc(-c2ccc(-c3cccs3)s2)c(-c2sc(-c3ccc(-c4cccs4)s3)cc2C#Cc2ccc(-c3cccs3)s2)s1)c1ccc(-c2cccs2)s1. The fourth-order valence-electron chi connectivity index (χ4n) is 5.80. The van der Waals surface area contributed by atoms with Crippen molar-refractivity contribution in [3.05, 3.63) is 151 Å². The molecule has 10 rings (SSSR count). The molecule has 0 aliphatic rings. The number of hydrogen-bond donors (Lipinski definition) is 0. The minimum Gasteiger partial charge on any atom is -0.143 e. The van der Waals surface area contributed by atoms with E-state index in [2.05, 4.69) is 154 Å². The van der Waals surface area contributed by atoms with Gasteiger partial charge in [0, 0.05) is 64.8 Å². The highest BCUT2D eigenvalue weighted by molar-refractivity contribution is 7.29. The van der Waals surface area contributed by atoms with E-state index in [4.69, 9.17) is 0 Å². The van der Waals surface area contributed by atoms with Gasteiger partial charge in [-0.2, -0.15) is 0 Å². The molecule has 10 heteroatoms. The molecule has 0 aromatic carbocycles. The fourth-order valence-corrected chi connectivity index (χ4v) is 15.3. The summed E-state index contributed by atoms with van der Waals surface area (Å²) in [5.74, 6) is 14.3. The third-order valence-corrected chi connectivity index (χ3v) is 19.3. The maximum Gasteiger partial charge on any atom is 0.0786 e. The van der Waals surface area contributed by atoms with Gasteiger partial charge in [-0.15, -0.1) is 113 Å². The molecule has 0 aliphatic heterocycles. The summed E-state index contributed by atoms with van der Waals surface area (Å²) in [6.45, 7) is 0. The Labute approximate surface area is 353 Å². The Bertz CT molecular complexity index is 2930. The van der Waals surface area contributed by atoms with Crippen LogP contribution in [-0.4, -0.2) is 0 Å². The van der Waals surface area contributed by atoms with Gasteiger partial charge in [-0.25, -0.2) is 0 Å². The van der Waals surface area contributed by atoms with Crippen LogP contribution in [0.4, 0.5) is 0 Å². The first kappa shape index (κ1) is 34.6. The first-order valence-electron chi connectivity index (χ1n) is 16.6. The molecule has 0 N–H and O–H groups in total. The molecule has 0 radical (unpaired) electrons. The zero-order chi connectivity index (χ0) is 35.8. The van der Waals surface area contributed by atoms with Crippen LogP contribution in [0, 0.1) is 23.7 Å². The Morgan fingerprint density at radius 1 is 0.296 bits per heavy atom. The van der Waals surface area contributed by atoms with Gasteiger partial charge in [0.25, 0.3) is 0 Å². The molecule has 0 aliphatic carbocycles. The van der Waals surface area contributed by atoms with Crippen LogP contribution < -0.4 is 0 Å². The summed E-state index contributed by atoms with van der Waals surface area (Å²) in [5, 5.41) is 8.55. The second kappa shape index (κ2) is 15.3. The molecule has 54 heavy (non-hydrogen) atoms. The average Bonchev–Trinajstić information content (AvgIpc) is 4.06. The second-order valence-corrected chi connectivity index (χ2v) is 22.0. The Hall–Kier alpha value is -3.88. The van der Waals surface area contributed by atoms with Crippen molar-refractivity contribution in [2.45, 2.75) is 0 Å². The first-order valence-corrected chi connectivity index (χ1v) is 25.0. The van der Waals surface area contributed by atoms with Crippen molar-refractivity contribution in [1.29, 1.82) is 0 Å². The smallest absolute Gasteiger partial charge is 0.0786 e. The summed E-state index contributed by atoms with van der Waals surface area (Å²) in [7, 11) is 0. The molecule has 0 bridgehead atoms. The molecule has 0 spiro atoms. The Morgan fingerprint density at radius 3 is 1.28 bits per heavy atom. The van der Waals surface area contributed by atoms with Crippen LogP contribution in [0.3, 0.4) is 0 Å². The van der Waals surface area contributed by atoms with E-state index >= 15 is 0 Å². The molecular formula is C44H22S10. The van der Waals surface area contributed by atoms with E-state index in [0.29, 0.717) is 0 Å². The Kier molecular flexibility index (Phi) is 9.83. The van der Waals surface area contributed by atoms with Crippen molar-refractivity contribution in [2.75, 3.05) is 0 Å². The minimum absolute atomic E-state index is 1.06. The van der Waals surface area contributed by atoms with E-state index in [1.165, 1.54) is 69.0 Å². The van der Waals surface area contributed by atoms with Crippen molar-refractivity contribution >= 4 is 113 Å². The van der Waals surface area contributed by atoms with Gasteiger partial charge in [0.15, 0.2) is 0 Å². The maximum absolute atomic E-state index is 3.66. The lowest BCUT2D eigenvalue weighted by Gasteiger charge is -2.00. The van der Waals surface area contributed by atoms with Gasteiger partial charge in [0.05, 0.1) is 24.4 Å². The summed E-state index contributed by atoms with van der Waals surface area (Å²) < 4.78 is 0. The molecule has 0 amide bonds. The van der Waals surface area contributed by atoms with Gasteiger partial charge in [-0.3, -0.25) is 0 Å². The monoisotopic (exact) mass is 870 g/mol. The quantitative estimate of drug-likeness (QED) is 0.140. The highest BCUT2D eigenvalue weighted by Crippen LogP contribution is 2.50. The van der Waals surface area contributed by atoms with E-state index in [0.717, 1.165) is 20.2 Å². The van der Waals surface area contributed by atoms with Crippen LogP contribution >= 0.6 is 113 Å². The van der Waals surface area contributed by atoms with E-state index in [-0.39, 0.29) is 0 Å². The van der Waals surface area contributed by atoms with Gasteiger partial charge in [0.1, 0.15) is 0 Å². The molecule has 10 aromatic rings. The molecule has 0 saturated heterocycles. The number of thiophene rings is 10. The average molecular weight is 871 g/mol. The predicted octanol–water partition coefficient (Wildman–Crippen LogP) is 16.8. The molecule has 0 unspecified atom stereocenters. The predicted molar refractivity (Wildman–Crippen MR) is 248 cm³/mol. The summed E-state index contributed by atoms with van der Waals surface area (Å²) >= 11 is 18.0. The summed E-state index contributed by atoms with van der Waals surface area (Å²) in [6.07, 6.45) is 0. The highest BCUT2D eigenvalue weighted by Gasteiger charge is 2.21. The van der Waals surface area contributed by atoms with E-state index in [1.807, 2.05) is 34.0 Å². The molecule has 0 atom stereocenters. The third-order valence-electron chi connectivity index (χ3n) is 8.29. The first-order chi connectivity index (χ1) is 26.7. The summed E-state index contributed by atoms with van der Waals surface area (Å²) in [6, 6.07) is 39.6. The van der Waals surface area contributed by atoms with Crippen LogP contribution in [0.1, 0.15) is 20.2 Å². The van der Waals surface area contributed by atoms with Crippen LogP contribution in [0.2, 0.25) is 0 Å². The zero-order valence-electron chi connectivity index (χ0n) is 27.8. The molecular weight excluding hydrogens is 849 g/mol. The van der Waals surface area contributed by atoms with Crippen molar-refractivity contribution < 1.29 is 0 Å². The summed E-state index contributed by atoms with van der Waals surface area (Å²) in [5.41, 5.74) is 2.28. The van der Waals surface area contributed by atoms with Crippen molar-refractivity contribution in [1.82, 2.24) is 0 Å². The van der Waals surface area contributed by atoms with Crippen molar-refractivity contribution in [3.8, 4) is 92.6 Å². The van der Waals surface area contributed by atoms with E-state index in [9.17, 15) is 0 Å². The summed E-state index contributed by atoms with van der Waals surface area (Å²) in [4.78, 5) is 19.7. The van der Waals surface area contributed by atoms with Crippen LogP contribution in [-0.2, 0) is 0 Å². The minimum atomic E-state index is 1.06. The molecule has 10 heterocycles. The lowest BCUT2D eigenvalue weighted by molar-refractivity contribution is 1.79. The van der Waals surface area contributed by atoms with Crippen molar-refractivity contribution in [2.24, 2.45) is 0 Å². The molecule has 0 fully saturated rings. The Balaban J connectivity index is 1.09. The lowest BCUT2D eigenvalue weighted by atomic mass is 10.1. The maximum atomic E-state index is 3.66. The van der Waals surface area contributed by atoms with Crippen LogP contribution in [0.15, 0.2) is 131 Å². The molecule has 0 saturated carbocycles. The fraction of sp³-hybridized carbons (Fsp3) is 0. The number of rotatable bonds is 7. The molecule has 258 valence electrons. The molecule has 10 aromatic heterocycles. The topological polar surface area (TPSA) is 0 Å². The third kappa shape index (κ3) is 7.16. The highest BCUT2D eigenvalue weighted by atomic mass is 32.1.